The van der Waals surface area contributed by atoms with E-state index in [2.05, 4.69) is 18.9 Å². The van der Waals surface area contributed by atoms with Gasteiger partial charge in [0.05, 0.1) is 7.11 Å². The van der Waals surface area contributed by atoms with E-state index in [0.29, 0.717) is 11.1 Å². The van der Waals surface area contributed by atoms with Gasteiger partial charge in [0.25, 0.3) is 5.91 Å². The molecule has 92 valence electrons. The van der Waals surface area contributed by atoms with E-state index >= 15 is 0 Å². The van der Waals surface area contributed by atoms with E-state index in [1.165, 1.54) is 13.3 Å². The number of ether oxygens (including phenoxy) is 1. The van der Waals surface area contributed by atoms with Gasteiger partial charge in [0.2, 0.25) is 5.72 Å². The summed E-state index contributed by atoms with van der Waals surface area (Å²) >= 11 is 0. The van der Waals surface area contributed by atoms with Crippen molar-refractivity contribution in [3.8, 4) is 0 Å². The zero-order valence-corrected chi connectivity index (χ0v) is 10.0. The number of carbonyl (C=O) groups is 1. The zero-order valence-electron chi connectivity index (χ0n) is 10.0. The van der Waals surface area contributed by atoms with Crippen LogP contribution in [0.4, 0.5) is 0 Å². The Morgan fingerprint density at radius 3 is 2.78 bits per heavy atom. The van der Waals surface area contributed by atoms with Crippen molar-refractivity contribution in [2.75, 3.05) is 7.11 Å². The summed E-state index contributed by atoms with van der Waals surface area (Å²) in [6, 6.07) is 6.77. The molecule has 4 heteroatoms. The molecule has 4 nitrogen and oxygen atoms in total. The number of hydrogen-bond donors (Lipinski definition) is 1. The van der Waals surface area contributed by atoms with Crippen molar-refractivity contribution >= 4 is 5.91 Å². The van der Waals surface area contributed by atoms with Gasteiger partial charge in [0.15, 0.2) is 5.76 Å². The average molecular weight is 243 g/mol. The van der Waals surface area contributed by atoms with Crippen LogP contribution in [-0.2, 0) is 10.5 Å². The van der Waals surface area contributed by atoms with Crippen LogP contribution in [0.25, 0.3) is 0 Å². The fourth-order valence-electron chi connectivity index (χ4n) is 2.16. The molecular weight excluding hydrogens is 230 g/mol. The summed E-state index contributed by atoms with van der Waals surface area (Å²) < 4.78 is 5.08. The summed E-state index contributed by atoms with van der Waals surface area (Å²) in [5.41, 5.74) is 1.62. The van der Waals surface area contributed by atoms with Crippen molar-refractivity contribution in [3.05, 3.63) is 66.2 Å². The minimum Gasteiger partial charge on any atom is -0.488 e. The van der Waals surface area contributed by atoms with Gasteiger partial charge in [-0.2, -0.15) is 0 Å². The molecule has 1 amide bonds. The Hall–Kier alpha value is -2.29. The molecule has 1 aromatic rings. The van der Waals surface area contributed by atoms with E-state index in [4.69, 9.17) is 4.74 Å². The van der Waals surface area contributed by atoms with Gasteiger partial charge in [0, 0.05) is 17.3 Å². The molecule has 0 spiro atoms. The van der Waals surface area contributed by atoms with Crippen LogP contribution in [0.3, 0.4) is 0 Å². The second kappa shape index (κ2) is 4.18. The molecule has 2 rings (SSSR count). The number of benzene rings is 1. The highest BCUT2D eigenvalue weighted by atomic mass is 16.5. The van der Waals surface area contributed by atoms with E-state index in [1.54, 1.807) is 24.3 Å². The standard InChI is InChI=1S/C14H13NO3/c1-4-12(18-3)14(17)11-9-7-6-8-10(11)13(16)15(14)5-2/h5-9,17H,1-2H2,3H3/t14-/m1/s1. The van der Waals surface area contributed by atoms with Gasteiger partial charge in [-0.3, -0.25) is 9.69 Å². The highest BCUT2D eigenvalue weighted by Crippen LogP contribution is 2.42. The van der Waals surface area contributed by atoms with Crippen LogP contribution in [-0.4, -0.2) is 23.0 Å². The van der Waals surface area contributed by atoms with Crippen molar-refractivity contribution in [1.82, 2.24) is 4.90 Å². The Bertz CT molecular complexity index is 572. The van der Waals surface area contributed by atoms with Crippen molar-refractivity contribution < 1.29 is 14.6 Å². The van der Waals surface area contributed by atoms with Gasteiger partial charge in [0.1, 0.15) is 0 Å². The van der Waals surface area contributed by atoms with Crippen LogP contribution in [0.5, 0.6) is 0 Å². The number of methoxy groups -OCH3 is 1. The Morgan fingerprint density at radius 2 is 2.22 bits per heavy atom. The first-order valence-electron chi connectivity index (χ1n) is 5.33. The fraction of sp³-hybridized carbons (Fsp3) is 0.143. The summed E-state index contributed by atoms with van der Waals surface area (Å²) in [6.07, 6.45) is 1.26. The molecule has 1 heterocycles. The third kappa shape index (κ3) is 1.34. The van der Waals surface area contributed by atoms with Crippen molar-refractivity contribution in [2.24, 2.45) is 0 Å². The van der Waals surface area contributed by atoms with Crippen LogP contribution in [0.15, 0.2) is 55.1 Å². The largest absolute Gasteiger partial charge is 0.488 e. The molecule has 0 radical (unpaired) electrons. The predicted molar refractivity (Wildman–Crippen MR) is 66.4 cm³/mol. The number of carbonyl (C=O) groups excluding carboxylic acids is 1. The number of hydrogen-bond acceptors (Lipinski definition) is 3. The summed E-state index contributed by atoms with van der Waals surface area (Å²) in [7, 11) is 1.39. The maximum Gasteiger partial charge on any atom is 0.261 e. The molecule has 1 aromatic carbocycles. The quantitative estimate of drug-likeness (QED) is 0.650. The Kier molecular flexibility index (Phi) is 2.83. The SMILES string of the molecule is C=C=C(OC)[C@]1(O)c2ccccc2C(=O)N1C=C. The monoisotopic (exact) mass is 243 g/mol. The van der Waals surface area contributed by atoms with Crippen LogP contribution < -0.4 is 0 Å². The van der Waals surface area contributed by atoms with E-state index in [-0.39, 0.29) is 11.7 Å². The topological polar surface area (TPSA) is 49.8 Å². The number of aliphatic hydroxyl groups is 1. The smallest absolute Gasteiger partial charge is 0.261 e. The Labute approximate surface area is 105 Å². The van der Waals surface area contributed by atoms with Crippen molar-refractivity contribution in [2.45, 2.75) is 5.72 Å². The molecule has 0 unspecified atom stereocenters. The van der Waals surface area contributed by atoms with Gasteiger partial charge in [-0.25, -0.2) is 0 Å². The van der Waals surface area contributed by atoms with Crippen LogP contribution >= 0.6 is 0 Å². The molecule has 0 saturated carbocycles. The van der Waals surface area contributed by atoms with Crippen LogP contribution in [0.2, 0.25) is 0 Å². The minimum absolute atomic E-state index is 0.0562. The Morgan fingerprint density at radius 1 is 1.56 bits per heavy atom. The highest BCUT2D eigenvalue weighted by molar-refractivity contribution is 6.00. The lowest BCUT2D eigenvalue weighted by Crippen LogP contribution is -2.42. The lowest BCUT2D eigenvalue weighted by Gasteiger charge is -2.31. The molecule has 1 aliphatic rings. The maximum absolute atomic E-state index is 12.2. The predicted octanol–water partition coefficient (Wildman–Crippen LogP) is 1.75. The van der Waals surface area contributed by atoms with E-state index in [0.717, 1.165) is 4.90 Å². The van der Waals surface area contributed by atoms with Crippen LogP contribution in [0.1, 0.15) is 15.9 Å². The van der Waals surface area contributed by atoms with Crippen molar-refractivity contribution in [3.63, 3.8) is 0 Å². The summed E-state index contributed by atoms with van der Waals surface area (Å²) in [4.78, 5) is 13.3. The first-order valence-corrected chi connectivity index (χ1v) is 5.33. The molecule has 18 heavy (non-hydrogen) atoms. The molecular formula is C14H13NO3. The van der Waals surface area contributed by atoms with E-state index in [9.17, 15) is 9.90 Å². The van der Waals surface area contributed by atoms with Gasteiger partial charge in [-0.1, -0.05) is 37.1 Å². The summed E-state index contributed by atoms with van der Waals surface area (Å²) in [5.74, 6) is -0.284. The molecule has 0 fully saturated rings. The lowest BCUT2D eigenvalue weighted by atomic mass is 10.00. The van der Waals surface area contributed by atoms with E-state index in [1.807, 2.05) is 0 Å². The summed E-state index contributed by atoms with van der Waals surface area (Å²) in [5, 5.41) is 10.8. The number of amides is 1. The normalized spacial score (nSPS) is 21.2. The molecule has 0 bridgehead atoms. The number of rotatable bonds is 3. The number of fused-ring (bicyclic) bond motifs is 1. The van der Waals surface area contributed by atoms with E-state index < -0.39 is 5.72 Å². The second-order valence-corrected chi connectivity index (χ2v) is 3.79. The minimum atomic E-state index is -1.73. The Balaban J connectivity index is 2.76. The molecule has 0 aliphatic carbocycles. The first-order chi connectivity index (χ1) is 8.61. The number of nitrogens with zero attached hydrogens (tertiary/aromatic N) is 1. The van der Waals surface area contributed by atoms with Gasteiger partial charge in [-0.15, -0.1) is 0 Å². The third-order valence-corrected chi connectivity index (χ3v) is 2.96. The van der Waals surface area contributed by atoms with Gasteiger partial charge in [-0.05, 0) is 6.07 Å². The van der Waals surface area contributed by atoms with Gasteiger partial charge >= 0.3 is 0 Å². The van der Waals surface area contributed by atoms with Crippen molar-refractivity contribution in [1.29, 1.82) is 0 Å². The molecule has 1 aliphatic heterocycles. The molecule has 0 aromatic heterocycles. The fourth-order valence-corrected chi connectivity index (χ4v) is 2.16. The maximum atomic E-state index is 12.2. The van der Waals surface area contributed by atoms with Gasteiger partial charge < -0.3 is 9.84 Å². The average Bonchev–Trinajstić information content (AvgIpc) is 2.61. The second-order valence-electron chi connectivity index (χ2n) is 3.79. The third-order valence-electron chi connectivity index (χ3n) is 2.96. The first kappa shape index (κ1) is 12.2. The molecule has 1 N–H and O–H groups in total. The zero-order chi connectivity index (χ0) is 13.3. The molecule has 0 saturated heterocycles. The summed E-state index contributed by atoms with van der Waals surface area (Å²) in [6.45, 7) is 7.02. The lowest BCUT2D eigenvalue weighted by molar-refractivity contribution is -0.0645. The molecule has 1 atom stereocenters. The highest BCUT2D eigenvalue weighted by Gasteiger charge is 2.51. The van der Waals surface area contributed by atoms with Crippen LogP contribution in [0, 0.1) is 0 Å².